The molecule has 1 rings (SSSR count). The van der Waals surface area contributed by atoms with Gasteiger partial charge in [0.25, 0.3) is 0 Å². The molecule has 1 N–H and O–H groups in total. The summed E-state index contributed by atoms with van der Waals surface area (Å²) in [6, 6.07) is 6.49. The van der Waals surface area contributed by atoms with Crippen molar-refractivity contribution >= 4 is 0 Å². The second-order valence-corrected chi connectivity index (χ2v) is 4.04. The first kappa shape index (κ1) is 12.3. The Morgan fingerprint density at radius 2 is 1.87 bits per heavy atom. The molecule has 0 radical (unpaired) electrons. The first-order chi connectivity index (χ1) is 7.22. The van der Waals surface area contributed by atoms with Gasteiger partial charge in [-0.25, -0.2) is 0 Å². The molecular formula is C14H22O. The molecule has 0 spiro atoms. The van der Waals surface area contributed by atoms with Crippen LogP contribution in [0.5, 0.6) is 0 Å². The van der Waals surface area contributed by atoms with Crippen LogP contribution in [0.25, 0.3) is 0 Å². The topological polar surface area (TPSA) is 20.2 Å². The number of aliphatic hydroxyl groups is 1. The van der Waals surface area contributed by atoms with Gasteiger partial charge in [0.05, 0.1) is 6.10 Å². The lowest BCUT2D eigenvalue weighted by Gasteiger charge is -2.15. The van der Waals surface area contributed by atoms with E-state index in [0.717, 1.165) is 31.2 Å². The molecule has 1 unspecified atom stereocenters. The summed E-state index contributed by atoms with van der Waals surface area (Å²) < 4.78 is 0. The van der Waals surface area contributed by atoms with Crippen LogP contribution in [-0.2, 0) is 12.8 Å². The van der Waals surface area contributed by atoms with E-state index in [9.17, 15) is 5.11 Å². The Bertz CT molecular complexity index is 304. The number of aliphatic hydroxyl groups excluding tert-OH is 1. The van der Waals surface area contributed by atoms with E-state index >= 15 is 0 Å². The van der Waals surface area contributed by atoms with Crippen molar-refractivity contribution in [3.05, 3.63) is 34.9 Å². The summed E-state index contributed by atoms with van der Waals surface area (Å²) >= 11 is 0. The molecule has 1 nitrogen and oxygen atoms in total. The molecule has 0 saturated heterocycles. The third-order valence-corrected chi connectivity index (χ3v) is 2.92. The van der Waals surface area contributed by atoms with Crippen molar-refractivity contribution in [2.24, 2.45) is 0 Å². The lowest BCUT2D eigenvalue weighted by Crippen LogP contribution is -2.02. The first-order valence-electron chi connectivity index (χ1n) is 6.02. The fourth-order valence-corrected chi connectivity index (χ4v) is 1.93. The molecule has 0 aliphatic heterocycles. The van der Waals surface area contributed by atoms with Crippen molar-refractivity contribution in [2.45, 2.75) is 52.6 Å². The summed E-state index contributed by atoms with van der Waals surface area (Å²) in [5.41, 5.74) is 3.74. The SMILES string of the molecule is CCCC(O)c1cc(CC)ccc1CC. The molecule has 0 aliphatic rings. The maximum absolute atomic E-state index is 10.1. The van der Waals surface area contributed by atoms with E-state index in [1.165, 1.54) is 11.1 Å². The van der Waals surface area contributed by atoms with Crippen molar-refractivity contribution < 1.29 is 5.11 Å². The minimum absolute atomic E-state index is 0.281. The highest BCUT2D eigenvalue weighted by Gasteiger charge is 2.10. The fourth-order valence-electron chi connectivity index (χ4n) is 1.93. The molecule has 0 aromatic heterocycles. The van der Waals surface area contributed by atoms with Gasteiger partial charge in [-0.3, -0.25) is 0 Å². The Hall–Kier alpha value is -0.820. The highest BCUT2D eigenvalue weighted by Crippen LogP contribution is 2.24. The zero-order valence-electron chi connectivity index (χ0n) is 10.1. The predicted octanol–water partition coefficient (Wildman–Crippen LogP) is 3.64. The molecule has 15 heavy (non-hydrogen) atoms. The first-order valence-corrected chi connectivity index (χ1v) is 6.02. The number of rotatable bonds is 5. The molecule has 1 heteroatoms. The van der Waals surface area contributed by atoms with E-state index in [2.05, 4.69) is 39.0 Å². The smallest absolute Gasteiger partial charge is 0.0792 e. The quantitative estimate of drug-likeness (QED) is 0.779. The van der Waals surface area contributed by atoms with E-state index in [1.807, 2.05) is 0 Å². The normalized spacial score (nSPS) is 12.8. The molecular weight excluding hydrogens is 184 g/mol. The van der Waals surface area contributed by atoms with E-state index in [0.29, 0.717) is 0 Å². The van der Waals surface area contributed by atoms with Crippen molar-refractivity contribution in [2.75, 3.05) is 0 Å². The Kier molecular flexibility index (Phi) is 4.83. The monoisotopic (exact) mass is 206 g/mol. The summed E-state index contributed by atoms with van der Waals surface area (Å²) in [6.07, 6.45) is 3.65. The van der Waals surface area contributed by atoms with Crippen LogP contribution in [0, 0.1) is 0 Å². The Morgan fingerprint density at radius 3 is 2.40 bits per heavy atom. The Morgan fingerprint density at radius 1 is 1.13 bits per heavy atom. The van der Waals surface area contributed by atoms with Gasteiger partial charge >= 0.3 is 0 Å². The zero-order chi connectivity index (χ0) is 11.3. The van der Waals surface area contributed by atoms with Crippen molar-refractivity contribution in [3.63, 3.8) is 0 Å². The summed E-state index contributed by atoms with van der Waals surface area (Å²) in [5.74, 6) is 0. The molecule has 1 atom stereocenters. The summed E-state index contributed by atoms with van der Waals surface area (Å²) in [4.78, 5) is 0. The van der Waals surface area contributed by atoms with Crippen LogP contribution < -0.4 is 0 Å². The summed E-state index contributed by atoms with van der Waals surface area (Å²) in [6.45, 7) is 6.40. The molecule has 0 saturated carbocycles. The second kappa shape index (κ2) is 5.92. The Balaban J connectivity index is 3.00. The van der Waals surface area contributed by atoms with Gasteiger partial charge < -0.3 is 5.11 Å². The highest BCUT2D eigenvalue weighted by atomic mass is 16.3. The largest absolute Gasteiger partial charge is 0.388 e. The van der Waals surface area contributed by atoms with E-state index in [4.69, 9.17) is 0 Å². The second-order valence-electron chi connectivity index (χ2n) is 4.04. The minimum atomic E-state index is -0.281. The number of aryl methyl sites for hydroxylation is 2. The predicted molar refractivity (Wildman–Crippen MR) is 65.1 cm³/mol. The molecule has 0 fully saturated rings. The highest BCUT2D eigenvalue weighted by molar-refractivity contribution is 5.33. The van der Waals surface area contributed by atoms with Crippen LogP contribution in [-0.4, -0.2) is 5.11 Å². The van der Waals surface area contributed by atoms with E-state index < -0.39 is 0 Å². The third kappa shape index (κ3) is 3.07. The van der Waals surface area contributed by atoms with Gasteiger partial charge in [0.1, 0.15) is 0 Å². The van der Waals surface area contributed by atoms with Gasteiger partial charge in [-0.2, -0.15) is 0 Å². The fraction of sp³-hybridized carbons (Fsp3) is 0.571. The minimum Gasteiger partial charge on any atom is -0.388 e. The molecule has 0 amide bonds. The van der Waals surface area contributed by atoms with Crippen molar-refractivity contribution in [1.29, 1.82) is 0 Å². The number of hydrogen-bond donors (Lipinski definition) is 1. The molecule has 0 heterocycles. The van der Waals surface area contributed by atoms with Gasteiger partial charge in [0.15, 0.2) is 0 Å². The third-order valence-electron chi connectivity index (χ3n) is 2.92. The molecule has 1 aromatic rings. The molecule has 0 bridgehead atoms. The standard InChI is InChI=1S/C14H22O/c1-4-7-14(15)13-10-11(5-2)8-9-12(13)6-3/h8-10,14-15H,4-7H2,1-3H3. The number of hydrogen-bond acceptors (Lipinski definition) is 1. The maximum Gasteiger partial charge on any atom is 0.0792 e. The van der Waals surface area contributed by atoms with Gasteiger partial charge in [-0.15, -0.1) is 0 Å². The van der Waals surface area contributed by atoms with Gasteiger partial charge in [-0.05, 0) is 36.0 Å². The summed E-state index contributed by atoms with van der Waals surface area (Å²) in [7, 11) is 0. The van der Waals surface area contributed by atoms with Gasteiger partial charge in [0.2, 0.25) is 0 Å². The van der Waals surface area contributed by atoms with E-state index in [-0.39, 0.29) is 6.10 Å². The molecule has 84 valence electrons. The molecule has 0 aliphatic carbocycles. The van der Waals surface area contributed by atoms with Gasteiger partial charge in [-0.1, -0.05) is 45.4 Å². The molecule has 1 aromatic carbocycles. The van der Waals surface area contributed by atoms with Crippen LogP contribution in [0.3, 0.4) is 0 Å². The lowest BCUT2D eigenvalue weighted by atomic mass is 9.95. The average Bonchev–Trinajstić information content (AvgIpc) is 2.28. The maximum atomic E-state index is 10.1. The van der Waals surface area contributed by atoms with Crippen LogP contribution in [0.15, 0.2) is 18.2 Å². The van der Waals surface area contributed by atoms with Crippen LogP contribution in [0.4, 0.5) is 0 Å². The van der Waals surface area contributed by atoms with Gasteiger partial charge in [0, 0.05) is 0 Å². The number of benzene rings is 1. The van der Waals surface area contributed by atoms with Crippen molar-refractivity contribution in [1.82, 2.24) is 0 Å². The van der Waals surface area contributed by atoms with E-state index in [1.54, 1.807) is 0 Å². The van der Waals surface area contributed by atoms with Crippen LogP contribution in [0.1, 0.15) is 56.4 Å². The Labute approximate surface area is 93.1 Å². The van der Waals surface area contributed by atoms with Crippen LogP contribution in [0.2, 0.25) is 0 Å². The van der Waals surface area contributed by atoms with Crippen molar-refractivity contribution in [3.8, 4) is 0 Å². The van der Waals surface area contributed by atoms with Crippen LogP contribution >= 0.6 is 0 Å². The summed E-state index contributed by atoms with van der Waals surface area (Å²) in [5, 5.41) is 10.1. The lowest BCUT2D eigenvalue weighted by molar-refractivity contribution is 0.165. The average molecular weight is 206 g/mol. The zero-order valence-corrected chi connectivity index (χ0v) is 10.1.